The molecule has 0 spiro atoms. The first-order chi connectivity index (χ1) is 39.0. The third-order valence-corrected chi connectivity index (χ3v) is 18.0. The van der Waals surface area contributed by atoms with E-state index in [2.05, 4.69) is 293 Å². The molecule has 2 aromatic heterocycles. The lowest BCUT2D eigenvalue weighted by Crippen LogP contribution is -2.40. The molecular weight excluding hydrogens is 998 g/mol. The molecule has 13 rings (SSSR count). The third kappa shape index (κ3) is 9.19. The highest BCUT2D eigenvalue weighted by Gasteiger charge is 2.39. The van der Waals surface area contributed by atoms with Crippen molar-refractivity contribution in [3.05, 3.63) is 216 Å². The molecule has 0 unspecified atom stereocenters. The summed E-state index contributed by atoms with van der Waals surface area (Å²) in [6, 6.07) is 70.0. The number of hydrogen-bond acceptors (Lipinski definition) is 5. The van der Waals surface area contributed by atoms with Gasteiger partial charge in [-0.2, -0.15) is 0 Å². The minimum absolute atomic E-state index is 0.00566. The number of anilines is 8. The smallest absolute Gasteiger partial charge is 0.245 e. The number of nitrogens with one attached hydrogen (secondary N) is 1. The molecule has 2 aliphatic rings. The van der Waals surface area contributed by atoms with Crippen LogP contribution in [0.1, 0.15) is 131 Å². The molecule has 410 valence electrons. The molecule has 1 aliphatic heterocycles. The SMILES string of the molecule is CC(C)(C)c1ccc(N(c2ccc(C(C)(C)C)cc2)c2ccc(Nc3ccc4c(c3)C(C)(C)CCC4(C)C)c(-c3c4c(cc5c3oc3ccccc35)N(c3ccc(C(C)(C)C)cc3-c3ccccc3)c3c(oc5ccccc35)B4)c2)cc1. The number of rotatable bonds is 8. The normalized spacial score (nSPS) is 14.8. The Balaban J connectivity index is 1.13. The number of furan rings is 2. The molecule has 3 heterocycles. The standard InChI is InChI=1S/C76H76BN3O2/c1-72(2,3)48-27-33-52(34-28-48)79(53-35-29-49(30-36-53)73(4,5)6)54-37-39-62(78-51-32-38-60-61(44-51)76(12,13)42-41-75(60,10)11)59(45-54)67-68-64(46-58-55-23-17-19-25-65(55)81-70(58)67)80(69-56-24-18-20-26-66(56)82-71(69)77-68)63-40-31-50(74(7,8)9)43-57(63)47-21-15-14-16-22-47/h14-40,43-46,77-78H,41-42H2,1-13H3. The minimum Gasteiger partial charge on any atom is -0.469 e. The maximum Gasteiger partial charge on any atom is 0.245 e. The summed E-state index contributed by atoms with van der Waals surface area (Å²) < 4.78 is 14.5. The minimum atomic E-state index is -0.0834. The van der Waals surface area contributed by atoms with Gasteiger partial charge in [0.05, 0.1) is 17.0 Å². The summed E-state index contributed by atoms with van der Waals surface area (Å²) in [6.45, 7) is 30.2. The Labute approximate surface area is 486 Å². The van der Waals surface area contributed by atoms with Gasteiger partial charge >= 0.3 is 0 Å². The van der Waals surface area contributed by atoms with E-state index in [0.717, 1.165) is 125 Å². The molecule has 6 heteroatoms. The molecule has 0 amide bonds. The Morgan fingerprint density at radius 1 is 0.476 bits per heavy atom. The van der Waals surface area contributed by atoms with Crippen LogP contribution in [-0.4, -0.2) is 7.28 Å². The van der Waals surface area contributed by atoms with Crippen molar-refractivity contribution >= 4 is 96.8 Å². The lowest BCUT2D eigenvalue weighted by molar-refractivity contribution is 0.332. The van der Waals surface area contributed by atoms with E-state index in [1.165, 1.54) is 27.8 Å². The topological polar surface area (TPSA) is 44.8 Å². The molecule has 1 aliphatic carbocycles. The second kappa shape index (κ2) is 19.2. The molecule has 0 saturated heterocycles. The van der Waals surface area contributed by atoms with Crippen LogP contribution in [0.25, 0.3) is 55.2 Å². The largest absolute Gasteiger partial charge is 0.469 e. The zero-order valence-electron chi connectivity index (χ0n) is 50.2. The molecule has 5 nitrogen and oxygen atoms in total. The van der Waals surface area contributed by atoms with E-state index in [4.69, 9.17) is 8.83 Å². The first-order valence-electron chi connectivity index (χ1n) is 29.6. The molecule has 0 radical (unpaired) electrons. The summed E-state index contributed by atoms with van der Waals surface area (Å²) in [5.41, 5.74) is 24.2. The average molecular weight is 1070 g/mol. The highest BCUT2D eigenvalue weighted by Crippen LogP contribution is 2.52. The van der Waals surface area contributed by atoms with Crippen LogP contribution < -0.4 is 26.2 Å². The van der Waals surface area contributed by atoms with Gasteiger partial charge in [-0.1, -0.05) is 187 Å². The lowest BCUT2D eigenvalue weighted by atomic mass is 9.61. The zero-order valence-corrected chi connectivity index (χ0v) is 50.2. The van der Waals surface area contributed by atoms with E-state index in [1.54, 1.807) is 0 Å². The first-order valence-corrected chi connectivity index (χ1v) is 29.6. The summed E-state index contributed by atoms with van der Waals surface area (Å²) in [5, 5.41) is 7.33. The number of nitrogens with zero attached hydrogens (tertiary/aromatic N) is 2. The zero-order chi connectivity index (χ0) is 57.3. The van der Waals surface area contributed by atoms with Crippen LogP contribution in [0.4, 0.5) is 45.5 Å². The van der Waals surface area contributed by atoms with Crippen molar-refractivity contribution < 1.29 is 8.83 Å². The summed E-state index contributed by atoms with van der Waals surface area (Å²) >= 11 is 0. The van der Waals surface area contributed by atoms with Crippen molar-refractivity contribution in [2.24, 2.45) is 0 Å². The predicted molar refractivity (Wildman–Crippen MR) is 351 cm³/mol. The average Bonchev–Trinajstić information content (AvgIpc) is 1.96. The number of para-hydroxylation sites is 2. The summed E-state index contributed by atoms with van der Waals surface area (Å²) in [5.74, 6) is 0. The maximum absolute atomic E-state index is 7.34. The van der Waals surface area contributed by atoms with Crippen LogP contribution in [0.15, 0.2) is 197 Å². The Morgan fingerprint density at radius 3 is 1.67 bits per heavy atom. The van der Waals surface area contributed by atoms with Crippen molar-refractivity contribution in [1.82, 2.24) is 0 Å². The van der Waals surface area contributed by atoms with Gasteiger partial charge in [-0.05, 0) is 170 Å². The van der Waals surface area contributed by atoms with E-state index < -0.39 is 0 Å². The van der Waals surface area contributed by atoms with Gasteiger partial charge in [0.1, 0.15) is 16.7 Å². The fourth-order valence-electron chi connectivity index (χ4n) is 13.0. The highest BCUT2D eigenvalue weighted by molar-refractivity contribution is 6.73. The molecule has 82 heavy (non-hydrogen) atoms. The molecule has 9 aromatic carbocycles. The maximum atomic E-state index is 7.34. The monoisotopic (exact) mass is 1070 g/mol. The van der Waals surface area contributed by atoms with Gasteiger partial charge in [0, 0.05) is 67.0 Å². The van der Waals surface area contributed by atoms with Gasteiger partial charge < -0.3 is 24.0 Å². The van der Waals surface area contributed by atoms with Crippen molar-refractivity contribution in [1.29, 1.82) is 0 Å². The van der Waals surface area contributed by atoms with E-state index in [-0.39, 0.29) is 27.1 Å². The van der Waals surface area contributed by atoms with Gasteiger partial charge in [-0.15, -0.1) is 0 Å². The molecule has 0 saturated carbocycles. The first kappa shape index (κ1) is 53.1. The van der Waals surface area contributed by atoms with Crippen molar-refractivity contribution in [3.8, 4) is 22.3 Å². The van der Waals surface area contributed by atoms with E-state index >= 15 is 0 Å². The van der Waals surface area contributed by atoms with E-state index in [1.807, 2.05) is 0 Å². The molecule has 0 atom stereocenters. The Bertz CT molecular complexity index is 4210. The van der Waals surface area contributed by atoms with Gasteiger partial charge in [0.15, 0.2) is 0 Å². The van der Waals surface area contributed by atoms with Gasteiger partial charge in [-0.3, -0.25) is 0 Å². The molecular formula is C76H76BN3O2. The van der Waals surface area contributed by atoms with Crippen molar-refractivity contribution in [2.75, 3.05) is 15.1 Å². The number of fused-ring (bicyclic) bond motifs is 8. The van der Waals surface area contributed by atoms with Gasteiger partial charge in [0.25, 0.3) is 0 Å². The van der Waals surface area contributed by atoms with Crippen LogP contribution in [0.5, 0.6) is 0 Å². The van der Waals surface area contributed by atoms with Crippen LogP contribution >= 0.6 is 0 Å². The van der Waals surface area contributed by atoms with E-state index in [0.29, 0.717) is 7.28 Å². The molecule has 1 N–H and O–H groups in total. The Kier molecular flexibility index (Phi) is 12.4. The predicted octanol–water partition coefficient (Wildman–Crippen LogP) is 20.3. The van der Waals surface area contributed by atoms with Crippen LogP contribution in [0, 0.1) is 0 Å². The lowest BCUT2D eigenvalue weighted by Gasteiger charge is -2.42. The second-order valence-electron chi connectivity index (χ2n) is 27.8. The quantitative estimate of drug-likeness (QED) is 0.154. The van der Waals surface area contributed by atoms with E-state index in [9.17, 15) is 0 Å². The van der Waals surface area contributed by atoms with Crippen molar-refractivity contribution in [2.45, 2.75) is 130 Å². The van der Waals surface area contributed by atoms with Crippen LogP contribution in [0.2, 0.25) is 0 Å². The number of hydrogen-bond donors (Lipinski definition) is 1. The number of benzene rings is 9. The summed E-state index contributed by atoms with van der Waals surface area (Å²) in [6.07, 6.45) is 2.29. The fraction of sp³-hybridized carbons (Fsp3) is 0.263. The van der Waals surface area contributed by atoms with Crippen LogP contribution in [-0.2, 0) is 27.1 Å². The molecule has 0 bridgehead atoms. The fourth-order valence-corrected chi connectivity index (χ4v) is 13.0. The Morgan fingerprint density at radius 2 is 1.04 bits per heavy atom. The highest BCUT2D eigenvalue weighted by atomic mass is 16.3. The molecule has 0 fully saturated rings. The third-order valence-electron chi connectivity index (χ3n) is 18.0. The summed E-state index contributed by atoms with van der Waals surface area (Å²) in [4.78, 5) is 4.94. The van der Waals surface area contributed by atoms with Gasteiger partial charge in [-0.25, -0.2) is 0 Å². The second-order valence-corrected chi connectivity index (χ2v) is 27.8. The van der Waals surface area contributed by atoms with Crippen LogP contribution in [0.3, 0.4) is 0 Å². The van der Waals surface area contributed by atoms with Crippen molar-refractivity contribution in [3.63, 3.8) is 0 Å². The van der Waals surface area contributed by atoms with Gasteiger partial charge in [0.2, 0.25) is 7.28 Å². The summed E-state index contributed by atoms with van der Waals surface area (Å²) in [7, 11) is 0.539. The Hall–Kier alpha value is -8.22. The molecule has 11 aromatic rings.